The van der Waals surface area contributed by atoms with Crippen molar-refractivity contribution in [3.63, 3.8) is 0 Å². The highest BCUT2D eigenvalue weighted by molar-refractivity contribution is 5.44. The van der Waals surface area contributed by atoms with E-state index < -0.39 is 0 Å². The predicted octanol–water partition coefficient (Wildman–Crippen LogP) is 0.499. The van der Waals surface area contributed by atoms with Crippen LogP contribution in [0.15, 0.2) is 16.9 Å². The lowest BCUT2D eigenvalue weighted by molar-refractivity contribution is 0.00573. The van der Waals surface area contributed by atoms with Gasteiger partial charge in [-0.05, 0) is 26.8 Å². The van der Waals surface area contributed by atoms with Crippen LogP contribution < -0.4 is 0 Å². The first kappa shape index (κ1) is 16.7. The molecule has 136 valence electrons. The van der Waals surface area contributed by atoms with E-state index in [1.165, 1.54) is 12.8 Å². The number of aliphatic hydroxyl groups is 1. The molecule has 1 aliphatic carbocycles. The van der Waals surface area contributed by atoms with Gasteiger partial charge < -0.3 is 19.0 Å². The first-order chi connectivity index (χ1) is 11.9. The van der Waals surface area contributed by atoms with Gasteiger partial charge in [0.2, 0.25) is 5.89 Å². The zero-order valence-corrected chi connectivity index (χ0v) is 15.1. The fourth-order valence-corrected chi connectivity index (χ4v) is 3.65. The molecule has 3 heterocycles. The third-order valence-corrected chi connectivity index (χ3v) is 5.15. The van der Waals surface area contributed by atoms with E-state index in [1.807, 2.05) is 17.8 Å². The summed E-state index contributed by atoms with van der Waals surface area (Å²) >= 11 is 0. The second-order valence-corrected chi connectivity index (χ2v) is 7.89. The Balaban J connectivity index is 1.31. The molecule has 2 aliphatic rings. The number of likely N-dealkylation sites (N-methyl/N-ethyl adjacent to an activating group) is 1. The molecule has 2 fully saturated rings. The molecule has 2 aromatic heterocycles. The smallest absolute Gasteiger partial charge is 0.267 e. The summed E-state index contributed by atoms with van der Waals surface area (Å²) in [5.41, 5.74) is 0.543. The summed E-state index contributed by atoms with van der Waals surface area (Å²) in [5.74, 6) is 1.11. The van der Waals surface area contributed by atoms with E-state index in [4.69, 9.17) is 4.42 Å². The van der Waals surface area contributed by atoms with Crippen LogP contribution in [0, 0.1) is 0 Å². The van der Waals surface area contributed by atoms with Crippen molar-refractivity contribution in [2.75, 3.05) is 33.2 Å². The number of likely N-dealkylation sites (tertiary alicyclic amines) is 1. The summed E-state index contributed by atoms with van der Waals surface area (Å²) in [5, 5.41) is 18.6. The van der Waals surface area contributed by atoms with E-state index >= 15 is 0 Å². The Morgan fingerprint density at radius 2 is 2.16 bits per heavy atom. The fraction of sp³-hybridized carbons (Fsp3) is 0.706. The summed E-state index contributed by atoms with van der Waals surface area (Å²) in [6.45, 7) is 5.19. The van der Waals surface area contributed by atoms with Crippen molar-refractivity contribution in [1.29, 1.82) is 0 Å². The second kappa shape index (κ2) is 6.19. The lowest BCUT2D eigenvalue weighted by Crippen LogP contribution is -2.60. The van der Waals surface area contributed by atoms with Gasteiger partial charge in [0.05, 0.1) is 17.8 Å². The minimum atomic E-state index is -0.318. The highest BCUT2D eigenvalue weighted by atomic mass is 16.4. The molecule has 1 saturated heterocycles. The number of aliphatic hydroxyl groups excluding tert-OH is 1. The molecule has 4 rings (SSSR count). The molecule has 1 atom stereocenters. The van der Waals surface area contributed by atoms with Gasteiger partial charge in [0.1, 0.15) is 5.69 Å². The number of β-amino-alcohol motifs (C(OH)–C–C–N with tert-alkyl or cyclic N) is 1. The SMILES string of the molecule is CN(CC(O)CN1CC(C)(c2nnc(-c3cn(C)cn3)o2)C1)C1CC1. The number of rotatable bonds is 7. The van der Waals surface area contributed by atoms with Crippen LogP contribution in [0.5, 0.6) is 0 Å². The lowest BCUT2D eigenvalue weighted by Gasteiger charge is -2.46. The molecule has 8 heteroatoms. The van der Waals surface area contributed by atoms with Crippen molar-refractivity contribution >= 4 is 0 Å². The highest BCUT2D eigenvalue weighted by Gasteiger charge is 2.45. The van der Waals surface area contributed by atoms with Gasteiger partial charge in [-0.1, -0.05) is 0 Å². The number of nitrogens with zero attached hydrogens (tertiary/aromatic N) is 6. The Hall–Kier alpha value is -1.77. The van der Waals surface area contributed by atoms with E-state index in [0.717, 1.165) is 19.6 Å². The average Bonchev–Trinajstić information content (AvgIpc) is 3.10. The largest absolute Gasteiger partial charge is 0.419 e. The molecular weight excluding hydrogens is 320 g/mol. The lowest BCUT2D eigenvalue weighted by atomic mass is 9.81. The Labute approximate surface area is 147 Å². The first-order valence-corrected chi connectivity index (χ1v) is 8.86. The molecule has 1 unspecified atom stereocenters. The van der Waals surface area contributed by atoms with Gasteiger partial charge >= 0.3 is 0 Å². The van der Waals surface area contributed by atoms with Crippen LogP contribution in [-0.2, 0) is 12.5 Å². The van der Waals surface area contributed by atoms with Crippen LogP contribution in [0.25, 0.3) is 11.6 Å². The standard InChI is InChI=1S/C17H26N6O2/c1-17(16-20-19-15(25-16)14-8-21(2)11-18-14)9-23(10-17)7-13(24)6-22(3)12-4-5-12/h8,11-13,24H,4-7,9-10H2,1-3H3. The molecule has 2 aromatic rings. The van der Waals surface area contributed by atoms with E-state index in [-0.39, 0.29) is 11.5 Å². The molecule has 0 aromatic carbocycles. The third kappa shape index (κ3) is 3.47. The van der Waals surface area contributed by atoms with Crippen molar-refractivity contribution in [2.24, 2.45) is 7.05 Å². The van der Waals surface area contributed by atoms with Gasteiger partial charge in [0.25, 0.3) is 5.89 Å². The predicted molar refractivity (Wildman–Crippen MR) is 92.0 cm³/mol. The monoisotopic (exact) mass is 346 g/mol. The van der Waals surface area contributed by atoms with Crippen molar-refractivity contribution in [3.05, 3.63) is 18.4 Å². The molecule has 1 saturated carbocycles. The van der Waals surface area contributed by atoms with Crippen LogP contribution in [0.3, 0.4) is 0 Å². The van der Waals surface area contributed by atoms with Crippen LogP contribution in [0.4, 0.5) is 0 Å². The molecule has 8 nitrogen and oxygen atoms in total. The minimum absolute atomic E-state index is 0.151. The second-order valence-electron chi connectivity index (χ2n) is 7.89. The summed E-state index contributed by atoms with van der Waals surface area (Å²) in [6.07, 6.45) is 5.79. The number of aromatic nitrogens is 4. The summed E-state index contributed by atoms with van der Waals surface area (Å²) < 4.78 is 7.71. The third-order valence-electron chi connectivity index (χ3n) is 5.15. The van der Waals surface area contributed by atoms with Crippen LogP contribution in [-0.4, -0.2) is 80.0 Å². The summed E-state index contributed by atoms with van der Waals surface area (Å²) in [4.78, 5) is 8.76. The van der Waals surface area contributed by atoms with Gasteiger partial charge in [-0.3, -0.25) is 4.90 Å². The van der Waals surface area contributed by atoms with E-state index in [0.29, 0.717) is 30.1 Å². The maximum Gasteiger partial charge on any atom is 0.267 e. The number of hydrogen-bond donors (Lipinski definition) is 1. The van der Waals surface area contributed by atoms with Crippen molar-refractivity contribution < 1.29 is 9.52 Å². The maximum atomic E-state index is 10.3. The topological polar surface area (TPSA) is 83.5 Å². The summed E-state index contributed by atoms with van der Waals surface area (Å²) in [7, 11) is 4.00. The van der Waals surface area contributed by atoms with Crippen LogP contribution in [0.1, 0.15) is 25.7 Å². The molecule has 0 spiro atoms. The maximum absolute atomic E-state index is 10.3. The first-order valence-electron chi connectivity index (χ1n) is 8.86. The number of imidazole rings is 1. The van der Waals surface area contributed by atoms with E-state index in [9.17, 15) is 5.11 Å². The molecule has 1 N–H and O–H groups in total. The molecule has 0 amide bonds. The summed E-state index contributed by atoms with van der Waals surface area (Å²) in [6, 6.07) is 0.680. The Morgan fingerprint density at radius 1 is 1.40 bits per heavy atom. The van der Waals surface area contributed by atoms with E-state index in [2.05, 4.69) is 39.0 Å². The number of hydrogen-bond acceptors (Lipinski definition) is 7. The molecule has 25 heavy (non-hydrogen) atoms. The Morgan fingerprint density at radius 3 is 2.80 bits per heavy atom. The zero-order valence-electron chi connectivity index (χ0n) is 15.1. The van der Waals surface area contributed by atoms with Gasteiger partial charge in [-0.2, -0.15) is 0 Å². The van der Waals surface area contributed by atoms with Gasteiger partial charge in [0.15, 0.2) is 0 Å². The van der Waals surface area contributed by atoms with E-state index in [1.54, 1.807) is 6.33 Å². The Kier molecular flexibility index (Phi) is 4.13. The average molecular weight is 346 g/mol. The quantitative estimate of drug-likeness (QED) is 0.781. The van der Waals surface area contributed by atoms with Crippen molar-refractivity contribution in [1.82, 2.24) is 29.5 Å². The molecular formula is C17H26N6O2. The van der Waals surface area contributed by atoms with Gasteiger partial charge in [-0.15, -0.1) is 10.2 Å². The highest BCUT2D eigenvalue weighted by Crippen LogP contribution is 2.34. The van der Waals surface area contributed by atoms with Crippen LogP contribution >= 0.6 is 0 Å². The molecule has 0 radical (unpaired) electrons. The Bertz CT molecular complexity index is 731. The normalized spacial score (nSPS) is 21.5. The minimum Gasteiger partial charge on any atom is -0.419 e. The molecule has 1 aliphatic heterocycles. The number of aryl methyl sites for hydroxylation is 1. The van der Waals surface area contributed by atoms with Gasteiger partial charge in [-0.25, -0.2) is 4.98 Å². The van der Waals surface area contributed by atoms with Crippen molar-refractivity contribution in [2.45, 2.75) is 37.3 Å². The fourth-order valence-electron chi connectivity index (χ4n) is 3.65. The van der Waals surface area contributed by atoms with Crippen molar-refractivity contribution in [3.8, 4) is 11.6 Å². The van der Waals surface area contributed by atoms with Gasteiger partial charge in [0, 0.05) is 45.5 Å². The van der Waals surface area contributed by atoms with Crippen LogP contribution in [0.2, 0.25) is 0 Å². The molecule has 0 bridgehead atoms. The zero-order chi connectivity index (χ0) is 17.6.